The highest BCUT2D eigenvalue weighted by Crippen LogP contribution is 2.16. The van der Waals surface area contributed by atoms with Gasteiger partial charge >= 0.3 is 6.03 Å². The number of carbonyl (C=O) groups excluding carboxylic acids is 2. The predicted molar refractivity (Wildman–Crippen MR) is 109 cm³/mol. The molecule has 146 valence electrons. The van der Waals surface area contributed by atoms with Gasteiger partial charge < -0.3 is 15.2 Å². The summed E-state index contributed by atoms with van der Waals surface area (Å²) in [5.74, 6) is -0.0911. The minimum atomic E-state index is -0.367. The molecule has 0 radical (unpaired) electrons. The third-order valence-corrected chi connectivity index (χ3v) is 4.70. The Morgan fingerprint density at radius 2 is 2.00 bits per heavy atom. The van der Waals surface area contributed by atoms with Crippen molar-refractivity contribution < 1.29 is 9.59 Å². The van der Waals surface area contributed by atoms with E-state index in [0.717, 1.165) is 18.5 Å². The summed E-state index contributed by atoms with van der Waals surface area (Å²) in [6, 6.07) is 7.14. The summed E-state index contributed by atoms with van der Waals surface area (Å²) in [5, 5.41) is 10.5. The number of amides is 3. The van der Waals surface area contributed by atoms with Gasteiger partial charge in [-0.1, -0.05) is 17.7 Å². The van der Waals surface area contributed by atoms with Crippen molar-refractivity contribution in [2.45, 2.75) is 26.3 Å². The van der Waals surface area contributed by atoms with E-state index in [-0.39, 0.29) is 18.4 Å². The monoisotopic (exact) mass is 398 g/mol. The van der Waals surface area contributed by atoms with E-state index in [1.165, 1.54) is 11.3 Å². The highest BCUT2D eigenvalue weighted by Gasteiger charge is 2.10. The first-order chi connectivity index (χ1) is 13.6. The maximum atomic E-state index is 12.0. The Hall–Kier alpha value is -3.20. The Labute approximate surface area is 167 Å². The summed E-state index contributed by atoms with van der Waals surface area (Å²) in [7, 11) is 0. The van der Waals surface area contributed by atoms with Gasteiger partial charge in [0.2, 0.25) is 5.91 Å². The van der Waals surface area contributed by atoms with E-state index >= 15 is 0 Å². The van der Waals surface area contributed by atoms with Crippen LogP contribution in [0.15, 0.2) is 48.4 Å². The molecular weight excluding hydrogens is 376 g/mol. The molecule has 0 aliphatic rings. The molecule has 0 atom stereocenters. The first-order valence-electron chi connectivity index (χ1n) is 8.90. The van der Waals surface area contributed by atoms with Crippen molar-refractivity contribution in [1.82, 2.24) is 19.9 Å². The smallest absolute Gasteiger partial charge is 0.325 e. The topological polar surface area (TPSA) is 101 Å². The van der Waals surface area contributed by atoms with Gasteiger partial charge in [0.1, 0.15) is 0 Å². The molecule has 3 aromatic rings. The Kier molecular flexibility index (Phi) is 6.74. The number of thiazole rings is 1. The van der Waals surface area contributed by atoms with Crippen LogP contribution in [-0.2, 0) is 17.8 Å². The number of anilines is 2. The van der Waals surface area contributed by atoms with Crippen molar-refractivity contribution in [3.8, 4) is 0 Å². The Morgan fingerprint density at radius 1 is 1.18 bits per heavy atom. The first-order valence-corrected chi connectivity index (χ1v) is 9.78. The SMILES string of the molecule is Cc1ccc(NC(=O)Nc2nc(CC(=O)NCCCn3ccnc3)cs2)cc1. The van der Waals surface area contributed by atoms with Gasteiger partial charge in [-0.2, -0.15) is 0 Å². The number of carbonyl (C=O) groups is 2. The van der Waals surface area contributed by atoms with Crippen LogP contribution < -0.4 is 16.0 Å². The maximum absolute atomic E-state index is 12.0. The quantitative estimate of drug-likeness (QED) is 0.508. The lowest BCUT2D eigenvalue weighted by atomic mass is 10.2. The Balaban J connectivity index is 1.38. The average molecular weight is 398 g/mol. The van der Waals surface area contributed by atoms with Crippen molar-refractivity contribution in [2.75, 3.05) is 17.2 Å². The van der Waals surface area contributed by atoms with Crippen molar-refractivity contribution in [3.63, 3.8) is 0 Å². The molecule has 1 aromatic carbocycles. The molecule has 0 bridgehead atoms. The molecule has 3 N–H and O–H groups in total. The number of nitrogens with zero attached hydrogens (tertiary/aromatic N) is 3. The van der Waals surface area contributed by atoms with Crippen LogP contribution in [0.4, 0.5) is 15.6 Å². The standard InChI is InChI=1S/C19H22N6O2S/c1-14-3-5-15(6-4-14)22-18(27)24-19-23-16(12-28-19)11-17(26)21-7-2-9-25-10-8-20-13-25/h3-6,8,10,12-13H,2,7,9,11H2,1H3,(H,21,26)(H2,22,23,24,27). The molecule has 3 rings (SSSR count). The predicted octanol–water partition coefficient (Wildman–Crippen LogP) is 3.04. The minimum Gasteiger partial charge on any atom is -0.356 e. The summed E-state index contributed by atoms with van der Waals surface area (Å²) in [6.07, 6.45) is 6.38. The van der Waals surface area contributed by atoms with Gasteiger partial charge in [-0.3, -0.25) is 10.1 Å². The van der Waals surface area contributed by atoms with E-state index in [0.29, 0.717) is 23.1 Å². The number of rotatable bonds is 8. The second-order valence-corrected chi connectivity index (χ2v) is 7.13. The van der Waals surface area contributed by atoms with Crippen LogP contribution in [0.1, 0.15) is 17.7 Å². The van der Waals surface area contributed by atoms with Crippen LogP contribution in [0.3, 0.4) is 0 Å². The Bertz CT molecular complexity index is 905. The third-order valence-electron chi connectivity index (χ3n) is 3.90. The van der Waals surface area contributed by atoms with Gasteiger partial charge in [-0.25, -0.2) is 14.8 Å². The molecule has 0 aliphatic carbocycles. The number of hydrogen-bond acceptors (Lipinski definition) is 5. The number of nitrogens with one attached hydrogen (secondary N) is 3. The molecule has 0 fully saturated rings. The summed E-state index contributed by atoms with van der Waals surface area (Å²) in [6.45, 7) is 3.38. The summed E-state index contributed by atoms with van der Waals surface area (Å²) in [4.78, 5) is 32.3. The fraction of sp³-hybridized carbons (Fsp3) is 0.263. The molecular formula is C19H22N6O2S. The molecule has 0 saturated carbocycles. The van der Waals surface area contributed by atoms with Crippen LogP contribution in [0.25, 0.3) is 0 Å². The van der Waals surface area contributed by atoms with E-state index in [9.17, 15) is 9.59 Å². The van der Waals surface area contributed by atoms with Crippen LogP contribution >= 0.6 is 11.3 Å². The van der Waals surface area contributed by atoms with E-state index < -0.39 is 0 Å². The van der Waals surface area contributed by atoms with Gasteiger partial charge in [0, 0.05) is 36.6 Å². The number of aryl methyl sites for hydroxylation is 2. The number of urea groups is 1. The summed E-state index contributed by atoms with van der Waals surface area (Å²) < 4.78 is 1.96. The molecule has 0 aliphatic heterocycles. The molecule has 3 amide bonds. The fourth-order valence-electron chi connectivity index (χ4n) is 2.48. The molecule has 2 heterocycles. The van der Waals surface area contributed by atoms with E-state index in [4.69, 9.17) is 0 Å². The van der Waals surface area contributed by atoms with Crippen LogP contribution in [0.5, 0.6) is 0 Å². The van der Waals surface area contributed by atoms with Crippen LogP contribution in [0.2, 0.25) is 0 Å². The molecule has 9 heteroatoms. The zero-order valence-electron chi connectivity index (χ0n) is 15.5. The summed E-state index contributed by atoms with van der Waals surface area (Å²) >= 11 is 1.29. The van der Waals surface area contributed by atoms with E-state index in [1.807, 2.05) is 42.0 Å². The van der Waals surface area contributed by atoms with Crippen LogP contribution in [0, 0.1) is 6.92 Å². The van der Waals surface area contributed by atoms with E-state index in [1.54, 1.807) is 17.9 Å². The number of benzene rings is 1. The van der Waals surface area contributed by atoms with E-state index in [2.05, 4.69) is 25.9 Å². The molecule has 0 spiro atoms. The molecule has 8 nitrogen and oxygen atoms in total. The van der Waals surface area contributed by atoms with Gasteiger partial charge in [0.25, 0.3) is 0 Å². The number of imidazole rings is 1. The van der Waals surface area contributed by atoms with Crippen molar-refractivity contribution in [3.05, 3.63) is 59.6 Å². The maximum Gasteiger partial charge on any atom is 0.325 e. The summed E-state index contributed by atoms with van der Waals surface area (Å²) in [5.41, 5.74) is 2.45. The normalized spacial score (nSPS) is 10.5. The largest absolute Gasteiger partial charge is 0.356 e. The second-order valence-electron chi connectivity index (χ2n) is 6.27. The molecule has 0 unspecified atom stereocenters. The third kappa shape index (κ3) is 6.20. The van der Waals surface area contributed by atoms with Gasteiger partial charge in [0.05, 0.1) is 18.4 Å². The van der Waals surface area contributed by atoms with Gasteiger partial charge in [-0.05, 0) is 25.5 Å². The van der Waals surface area contributed by atoms with Crippen molar-refractivity contribution in [2.24, 2.45) is 0 Å². The molecule has 0 saturated heterocycles. The lowest BCUT2D eigenvalue weighted by Crippen LogP contribution is -2.27. The average Bonchev–Trinajstić information content (AvgIpc) is 3.33. The second kappa shape index (κ2) is 9.65. The minimum absolute atomic E-state index is 0.0911. The highest BCUT2D eigenvalue weighted by molar-refractivity contribution is 7.14. The molecule has 28 heavy (non-hydrogen) atoms. The zero-order chi connectivity index (χ0) is 19.8. The number of aromatic nitrogens is 3. The van der Waals surface area contributed by atoms with Crippen LogP contribution in [-0.4, -0.2) is 33.0 Å². The first kappa shape index (κ1) is 19.6. The van der Waals surface area contributed by atoms with Crippen molar-refractivity contribution >= 4 is 34.1 Å². The fourth-order valence-corrected chi connectivity index (χ4v) is 3.18. The zero-order valence-corrected chi connectivity index (χ0v) is 16.3. The van der Waals surface area contributed by atoms with Gasteiger partial charge in [-0.15, -0.1) is 11.3 Å². The lowest BCUT2D eigenvalue weighted by Gasteiger charge is -2.06. The molecule has 2 aromatic heterocycles. The van der Waals surface area contributed by atoms with Gasteiger partial charge in [0.15, 0.2) is 5.13 Å². The van der Waals surface area contributed by atoms with Crippen molar-refractivity contribution in [1.29, 1.82) is 0 Å². The lowest BCUT2D eigenvalue weighted by molar-refractivity contribution is -0.120. The highest BCUT2D eigenvalue weighted by atomic mass is 32.1. The Morgan fingerprint density at radius 3 is 2.75 bits per heavy atom. The number of hydrogen-bond donors (Lipinski definition) is 3.